The van der Waals surface area contributed by atoms with Gasteiger partial charge in [-0.15, -0.1) is 10.2 Å². The Morgan fingerprint density at radius 3 is 2.56 bits per heavy atom. The van der Waals surface area contributed by atoms with Crippen molar-refractivity contribution in [3.05, 3.63) is 36.7 Å². The van der Waals surface area contributed by atoms with Gasteiger partial charge in [-0.25, -0.2) is 0 Å². The zero-order valence-electron chi connectivity index (χ0n) is 20.6. The molecule has 0 saturated carbocycles. The van der Waals surface area contributed by atoms with Gasteiger partial charge in [0.05, 0.1) is 26.0 Å². The third kappa shape index (κ3) is 4.21. The predicted octanol–water partition coefficient (Wildman–Crippen LogP) is 2.18. The number of benzene rings is 1. The molecule has 6 rings (SSSR count). The molecule has 2 N–H and O–H groups in total. The Labute approximate surface area is 210 Å². The summed E-state index contributed by atoms with van der Waals surface area (Å²) in [6.07, 6.45) is 6.34. The molecule has 1 aromatic carbocycles. The minimum absolute atomic E-state index is 0.134. The van der Waals surface area contributed by atoms with Crippen molar-refractivity contribution in [1.82, 2.24) is 24.8 Å². The quantitative estimate of drug-likeness (QED) is 0.532. The topological polar surface area (TPSA) is 109 Å². The number of morpholine rings is 1. The minimum Gasteiger partial charge on any atom is -0.507 e. The fraction of sp³-hybridized carbons (Fsp3) is 0.480. The lowest BCUT2D eigenvalue weighted by molar-refractivity contribution is -0.0444. The van der Waals surface area contributed by atoms with E-state index in [-0.39, 0.29) is 23.9 Å². The van der Waals surface area contributed by atoms with E-state index in [1.807, 2.05) is 38.3 Å². The molecule has 2 aromatic heterocycles. The molecule has 0 radical (unpaired) electrons. The second kappa shape index (κ2) is 9.38. The molecule has 0 amide bonds. The van der Waals surface area contributed by atoms with Crippen LogP contribution in [-0.2, 0) is 11.8 Å². The number of aryl methyl sites for hydroxylation is 1. The van der Waals surface area contributed by atoms with E-state index in [0.717, 1.165) is 42.8 Å². The van der Waals surface area contributed by atoms with E-state index < -0.39 is 7.05 Å². The first-order valence-corrected chi connectivity index (χ1v) is 12.6. The SMILES string of the molecule is CB(O)N1C2COC[C@H]1CC(N1CCCOc3cc(-c4ccc(-c5cnn(C)c5)cc4O)nnc31)C2. The van der Waals surface area contributed by atoms with Crippen molar-refractivity contribution in [2.24, 2.45) is 7.05 Å². The van der Waals surface area contributed by atoms with Gasteiger partial charge in [0.25, 0.3) is 0 Å². The fourth-order valence-corrected chi connectivity index (χ4v) is 5.96. The van der Waals surface area contributed by atoms with Crippen molar-refractivity contribution in [2.75, 3.05) is 31.3 Å². The molecule has 3 atom stereocenters. The summed E-state index contributed by atoms with van der Waals surface area (Å²) in [4.78, 5) is 4.52. The molecular weight excluding hydrogens is 459 g/mol. The Balaban J connectivity index is 1.28. The number of fused-ring (bicyclic) bond motifs is 3. The molecule has 3 aliphatic rings. The molecule has 11 heteroatoms. The molecule has 36 heavy (non-hydrogen) atoms. The lowest BCUT2D eigenvalue weighted by Gasteiger charge is -2.51. The summed E-state index contributed by atoms with van der Waals surface area (Å²) in [6.45, 7) is 4.54. The van der Waals surface area contributed by atoms with Gasteiger partial charge in [-0.1, -0.05) is 6.07 Å². The highest BCUT2D eigenvalue weighted by atomic mass is 16.5. The molecular formula is C25H31BN6O4. The number of hydrogen-bond acceptors (Lipinski definition) is 9. The monoisotopic (exact) mass is 490 g/mol. The number of aromatic hydroxyl groups is 1. The summed E-state index contributed by atoms with van der Waals surface area (Å²) in [5.41, 5.74) is 2.99. The van der Waals surface area contributed by atoms with Crippen LogP contribution in [0.4, 0.5) is 5.82 Å². The van der Waals surface area contributed by atoms with Gasteiger partial charge in [0, 0.05) is 55.1 Å². The zero-order valence-corrected chi connectivity index (χ0v) is 20.6. The summed E-state index contributed by atoms with van der Waals surface area (Å²) in [6, 6.07) is 8.04. The van der Waals surface area contributed by atoms with Crippen LogP contribution in [0.5, 0.6) is 11.5 Å². The highest BCUT2D eigenvalue weighted by Gasteiger charge is 2.44. The Morgan fingerprint density at radius 1 is 1.06 bits per heavy atom. The summed E-state index contributed by atoms with van der Waals surface area (Å²) in [7, 11) is 1.38. The molecule has 10 nitrogen and oxygen atoms in total. The third-order valence-electron chi connectivity index (χ3n) is 7.55. The predicted molar refractivity (Wildman–Crippen MR) is 136 cm³/mol. The van der Waals surface area contributed by atoms with Gasteiger partial charge in [0.15, 0.2) is 11.6 Å². The van der Waals surface area contributed by atoms with Crippen LogP contribution in [0.25, 0.3) is 22.4 Å². The van der Waals surface area contributed by atoms with Crippen molar-refractivity contribution < 1.29 is 19.6 Å². The molecule has 188 valence electrons. The molecule has 0 spiro atoms. The van der Waals surface area contributed by atoms with Crippen LogP contribution < -0.4 is 9.64 Å². The molecule has 2 fully saturated rings. The van der Waals surface area contributed by atoms with Gasteiger partial charge < -0.3 is 29.3 Å². The van der Waals surface area contributed by atoms with Crippen LogP contribution in [-0.4, -0.2) is 86.5 Å². The van der Waals surface area contributed by atoms with Gasteiger partial charge >= 0.3 is 7.05 Å². The number of aromatic nitrogens is 4. The molecule has 5 heterocycles. The highest BCUT2D eigenvalue weighted by molar-refractivity contribution is 6.45. The van der Waals surface area contributed by atoms with Crippen molar-refractivity contribution >= 4 is 12.9 Å². The summed E-state index contributed by atoms with van der Waals surface area (Å²) >= 11 is 0. The first-order valence-electron chi connectivity index (χ1n) is 12.6. The first kappa shape index (κ1) is 23.3. The minimum atomic E-state index is -0.482. The molecule has 3 aliphatic heterocycles. The van der Waals surface area contributed by atoms with Crippen molar-refractivity contribution in [3.8, 4) is 33.9 Å². The smallest absolute Gasteiger partial charge is 0.377 e. The van der Waals surface area contributed by atoms with Crippen molar-refractivity contribution in [2.45, 2.75) is 44.2 Å². The van der Waals surface area contributed by atoms with Gasteiger partial charge in [-0.2, -0.15) is 5.10 Å². The standard InChI is InChI=1S/C25H31BN6O4/c1-26(34)32-19-9-18(10-20(32)15-35-14-19)31-6-3-7-36-24-11-22(28-29-25(24)31)21-5-4-16(8-23(21)33)17-12-27-30(2)13-17/h4-5,8,11-13,18-20,33-34H,3,6-7,9-10,14-15H2,1-2H3/t18?,19-,20?/m1/s1. The summed E-state index contributed by atoms with van der Waals surface area (Å²) in [5, 5.41) is 34.5. The number of hydrogen-bond donors (Lipinski definition) is 2. The molecule has 2 bridgehead atoms. The molecule has 2 unspecified atom stereocenters. The molecule has 3 aromatic rings. The van der Waals surface area contributed by atoms with E-state index in [2.05, 4.69) is 25.0 Å². The van der Waals surface area contributed by atoms with Crippen molar-refractivity contribution in [3.63, 3.8) is 0 Å². The molecule has 2 saturated heterocycles. The number of ether oxygens (including phenoxy) is 2. The van der Waals surface area contributed by atoms with E-state index >= 15 is 0 Å². The lowest BCUT2D eigenvalue weighted by Crippen LogP contribution is -2.64. The third-order valence-corrected chi connectivity index (χ3v) is 7.55. The number of nitrogens with zero attached hydrogens (tertiary/aromatic N) is 6. The van der Waals surface area contributed by atoms with E-state index in [0.29, 0.717) is 36.8 Å². The van der Waals surface area contributed by atoms with Crippen molar-refractivity contribution in [1.29, 1.82) is 0 Å². The van der Waals surface area contributed by atoms with Crippen LogP contribution >= 0.6 is 0 Å². The maximum absolute atomic E-state index is 10.8. The maximum Gasteiger partial charge on any atom is 0.377 e. The largest absolute Gasteiger partial charge is 0.507 e. The lowest BCUT2D eigenvalue weighted by atomic mass is 9.75. The fourth-order valence-electron chi connectivity index (χ4n) is 5.96. The normalized spacial score (nSPS) is 24.1. The second-order valence-electron chi connectivity index (χ2n) is 10.00. The average molecular weight is 490 g/mol. The average Bonchev–Trinajstić information content (AvgIpc) is 3.18. The number of phenols is 1. The van der Waals surface area contributed by atoms with Gasteiger partial charge in [0.2, 0.25) is 0 Å². The Morgan fingerprint density at radius 2 is 1.86 bits per heavy atom. The van der Waals surface area contributed by atoms with Gasteiger partial charge in [0.1, 0.15) is 11.4 Å². The van der Waals surface area contributed by atoms with E-state index in [9.17, 15) is 10.1 Å². The summed E-state index contributed by atoms with van der Waals surface area (Å²) < 4.78 is 13.6. The van der Waals surface area contributed by atoms with Gasteiger partial charge in [-0.05, 0) is 43.8 Å². The number of piperidine rings is 1. The Kier molecular flexibility index (Phi) is 6.06. The number of rotatable bonds is 4. The Bertz CT molecular complexity index is 1240. The first-order chi connectivity index (χ1) is 17.5. The van der Waals surface area contributed by atoms with E-state index in [1.165, 1.54) is 0 Å². The molecule has 0 aliphatic carbocycles. The van der Waals surface area contributed by atoms with Crippen LogP contribution in [0, 0.1) is 0 Å². The van der Waals surface area contributed by atoms with E-state index in [1.54, 1.807) is 16.9 Å². The van der Waals surface area contributed by atoms with Crippen LogP contribution in [0.1, 0.15) is 19.3 Å². The van der Waals surface area contributed by atoms with Crippen LogP contribution in [0.2, 0.25) is 6.82 Å². The van der Waals surface area contributed by atoms with E-state index in [4.69, 9.17) is 9.47 Å². The maximum atomic E-state index is 10.8. The van der Waals surface area contributed by atoms with Crippen LogP contribution in [0.3, 0.4) is 0 Å². The van der Waals surface area contributed by atoms with Gasteiger partial charge in [-0.3, -0.25) is 4.68 Å². The summed E-state index contributed by atoms with van der Waals surface area (Å²) in [5.74, 6) is 1.57. The number of phenolic OH excluding ortho intramolecular Hbond substituents is 1. The Hall–Kier alpha value is -3.15. The van der Waals surface area contributed by atoms with Crippen LogP contribution in [0.15, 0.2) is 36.7 Å². The highest BCUT2D eigenvalue weighted by Crippen LogP contribution is 2.39. The number of anilines is 1. The zero-order chi connectivity index (χ0) is 24.8. The second-order valence-corrected chi connectivity index (χ2v) is 10.00.